The fourth-order valence-corrected chi connectivity index (χ4v) is 6.76. The van der Waals surface area contributed by atoms with Gasteiger partial charge in [0.1, 0.15) is 5.75 Å². The molecule has 3 aliphatic rings. The number of piperidine rings is 1. The van der Waals surface area contributed by atoms with Crippen molar-refractivity contribution in [3.63, 3.8) is 0 Å². The van der Waals surface area contributed by atoms with Crippen molar-refractivity contribution in [2.45, 2.75) is 55.9 Å². The highest BCUT2D eigenvalue weighted by Gasteiger charge is 2.40. The van der Waals surface area contributed by atoms with Gasteiger partial charge in [-0.15, -0.1) is 0 Å². The van der Waals surface area contributed by atoms with Gasteiger partial charge in [0.15, 0.2) is 0 Å². The lowest BCUT2D eigenvalue weighted by Crippen LogP contribution is -2.46. The Labute approximate surface area is 167 Å². The van der Waals surface area contributed by atoms with Crippen LogP contribution in [0.25, 0.3) is 0 Å². The van der Waals surface area contributed by atoms with E-state index in [-0.39, 0.29) is 16.8 Å². The molecule has 1 aliphatic heterocycles. The largest absolute Gasteiger partial charge is 0.497 e. The summed E-state index contributed by atoms with van der Waals surface area (Å²) in [5.41, 5.74) is 0. The molecule has 0 spiro atoms. The van der Waals surface area contributed by atoms with E-state index in [1.54, 1.807) is 31.4 Å². The first-order valence-corrected chi connectivity index (χ1v) is 11.8. The van der Waals surface area contributed by atoms with Crippen molar-refractivity contribution in [1.82, 2.24) is 9.62 Å². The Balaban J connectivity index is 1.27. The second kappa shape index (κ2) is 8.03. The Morgan fingerprint density at radius 1 is 1.11 bits per heavy atom. The van der Waals surface area contributed by atoms with Gasteiger partial charge in [-0.2, -0.15) is 4.31 Å². The molecule has 1 aromatic rings. The van der Waals surface area contributed by atoms with E-state index in [0.717, 1.165) is 11.8 Å². The van der Waals surface area contributed by atoms with E-state index < -0.39 is 10.0 Å². The molecule has 1 saturated heterocycles. The molecule has 2 saturated carbocycles. The fraction of sp³-hybridized carbons (Fsp3) is 0.667. The molecule has 0 aromatic heterocycles. The molecule has 6 nitrogen and oxygen atoms in total. The minimum Gasteiger partial charge on any atom is -0.497 e. The molecule has 4 rings (SSSR count). The molecular weight excluding hydrogens is 376 g/mol. The van der Waals surface area contributed by atoms with E-state index in [9.17, 15) is 13.2 Å². The SMILES string of the molecule is COc1ccc(S(=O)(=O)N2CCC(NC(=O)CC3CC4CCC3C4)CC2)cc1. The number of fused-ring (bicyclic) bond motifs is 2. The molecule has 3 unspecified atom stereocenters. The average Bonchev–Trinajstić information content (AvgIpc) is 3.31. The lowest BCUT2D eigenvalue weighted by Gasteiger charge is -2.32. The highest BCUT2D eigenvalue weighted by molar-refractivity contribution is 7.89. The summed E-state index contributed by atoms with van der Waals surface area (Å²) in [6.07, 6.45) is 7.16. The first-order valence-electron chi connectivity index (χ1n) is 10.4. The van der Waals surface area contributed by atoms with Crippen molar-refractivity contribution < 1.29 is 17.9 Å². The Morgan fingerprint density at radius 3 is 2.39 bits per heavy atom. The molecule has 2 bridgehead atoms. The van der Waals surface area contributed by atoms with Gasteiger partial charge in [0.25, 0.3) is 0 Å². The number of rotatable bonds is 6. The fourth-order valence-electron chi connectivity index (χ4n) is 5.29. The van der Waals surface area contributed by atoms with Crippen molar-refractivity contribution in [3.8, 4) is 5.75 Å². The molecule has 1 N–H and O–H groups in total. The molecule has 1 aromatic carbocycles. The highest BCUT2D eigenvalue weighted by atomic mass is 32.2. The number of carbonyl (C=O) groups is 1. The predicted octanol–water partition coefficient (Wildman–Crippen LogP) is 2.79. The van der Waals surface area contributed by atoms with Gasteiger partial charge >= 0.3 is 0 Å². The standard InChI is InChI=1S/C21H30N2O4S/c1-27-19-4-6-20(7-5-19)28(25,26)23-10-8-18(9-11-23)22-21(24)14-17-13-15-2-3-16(17)12-15/h4-7,15-18H,2-3,8-14H2,1H3,(H,22,24). The Morgan fingerprint density at radius 2 is 1.82 bits per heavy atom. The van der Waals surface area contributed by atoms with Crippen LogP contribution in [0, 0.1) is 17.8 Å². The maximum atomic E-state index is 12.8. The number of sulfonamides is 1. The minimum atomic E-state index is -3.50. The van der Waals surface area contributed by atoms with Crippen LogP contribution in [0.1, 0.15) is 44.9 Å². The quantitative estimate of drug-likeness (QED) is 0.788. The summed E-state index contributed by atoms with van der Waals surface area (Å²) in [6, 6.07) is 6.56. The summed E-state index contributed by atoms with van der Waals surface area (Å²) < 4.78 is 32.2. The number of methoxy groups -OCH3 is 1. The molecule has 7 heteroatoms. The van der Waals surface area contributed by atoms with Crippen LogP contribution in [0.4, 0.5) is 0 Å². The van der Waals surface area contributed by atoms with Gasteiger partial charge in [-0.3, -0.25) is 4.79 Å². The second-order valence-corrected chi connectivity index (χ2v) is 10.5. The van der Waals surface area contributed by atoms with Crippen molar-refractivity contribution in [2.24, 2.45) is 17.8 Å². The van der Waals surface area contributed by atoms with Gasteiger partial charge in [-0.25, -0.2) is 8.42 Å². The van der Waals surface area contributed by atoms with Crippen LogP contribution in [-0.2, 0) is 14.8 Å². The Hall–Kier alpha value is -1.60. The number of hydrogen-bond donors (Lipinski definition) is 1. The molecule has 28 heavy (non-hydrogen) atoms. The average molecular weight is 407 g/mol. The van der Waals surface area contributed by atoms with Crippen molar-refractivity contribution >= 4 is 15.9 Å². The number of amides is 1. The highest BCUT2D eigenvalue weighted by Crippen LogP contribution is 2.49. The molecular formula is C21H30N2O4S. The first-order chi connectivity index (χ1) is 13.5. The number of benzene rings is 1. The van der Waals surface area contributed by atoms with Crippen molar-refractivity contribution in [3.05, 3.63) is 24.3 Å². The van der Waals surface area contributed by atoms with Gasteiger partial charge in [0.05, 0.1) is 12.0 Å². The number of carbonyl (C=O) groups excluding carboxylic acids is 1. The molecule has 2 aliphatic carbocycles. The summed E-state index contributed by atoms with van der Waals surface area (Å²) in [4.78, 5) is 12.7. The van der Waals surface area contributed by atoms with E-state index >= 15 is 0 Å². The van der Waals surface area contributed by atoms with Gasteiger partial charge in [-0.1, -0.05) is 6.42 Å². The van der Waals surface area contributed by atoms with Crippen LogP contribution in [-0.4, -0.2) is 44.9 Å². The summed E-state index contributed by atoms with van der Waals surface area (Å²) in [5.74, 6) is 2.96. The van der Waals surface area contributed by atoms with Crippen LogP contribution in [0.5, 0.6) is 5.75 Å². The summed E-state index contributed by atoms with van der Waals surface area (Å²) in [5, 5.41) is 3.16. The number of nitrogens with one attached hydrogen (secondary N) is 1. The van der Waals surface area contributed by atoms with Crippen LogP contribution < -0.4 is 10.1 Å². The third-order valence-corrected chi connectivity index (χ3v) is 8.76. The van der Waals surface area contributed by atoms with Crippen LogP contribution in [0.2, 0.25) is 0 Å². The van der Waals surface area contributed by atoms with Crippen molar-refractivity contribution in [2.75, 3.05) is 20.2 Å². The lowest BCUT2D eigenvalue weighted by molar-refractivity contribution is -0.123. The zero-order chi connectivity index (χ0) is 19.7. The van der Waals surface area contributed by atoms with E-state index in [4.69, 9.17) is 4.74 Å². The monoisotopic (exact) mass is 406 g/mol. The van der Waals surface area contributed by atoms with Crippen LogP contribution >= 0.6 is 0 Å². The molecule has 1 amide bonds. The zero-order valence-electron chi connectivity index (χ0n) is 16.5. The molecule has 154 valence electrons. The van der Waals surface area contributed by atoms with Gasteiger partial charge in [-0.05, 0) is 74.1 Å². The Bertz CT molecular complexity index is 800. The normalized spacial score (nSPS) is 28.4. The maximum absolute atomic E-state index is 12.8. The zero-order valence-corrected chi connectivity index (χ0v) is 17.3. The molecule has 0 radical (unpaired) electrons. The van der Waals surface area contributed by atoms with Gasteiger partial charge in [0, 0.05) is 25.6 Å². The minimum absolute atomic E-state index is 0.0772. The van der Waals surface area contributed by atoms with E-state index in [2.05, 4.69) is 5.32 Å². The third kappa shape index (κ3) is 4.06. The summed E-state index contributed by atoms with van der Waals surface area (Å²) in [7, 11) is -1.94. The predicted molar refractivity (Wildman–Crippen MR) is 106 cm³/mol. The van der Waals surface area contributed by atoms with Crippen LogP contribution in [0.15, 0.2) is 29.2 Å². The summed E-state index contributed by atoms with van der Waals surface area (Å²) >= 11 is 0. The smallest absolute Gasteiger partial charge is 0.243 e. The van der Waals surface area contributed by atoms with Gasteiger partial charge in [0.2, 0.25) is 15.9 Å². The van der Waals surface area contributed by atoms with E-state index in [1.807, 2.05) is 0 Å². The maximum Gasteiger partial charge on any atom is 0.243 e. The lowest BCUT2D eigenvalue weighted by atomic mass is 9.86. The Kier molecular flexibility index (Phi) is 5.65. The van der Waals surface area contributed by atoms with Crippen molar-refractivity contribution in [1.29, 1.82) is 0 Å². The van der Waals surface area contributed by atoms with E-state index in [1.165, 1.54) is 30.0 Å². The summed E-state index contributed by atoms with van der Waals surface area (Å²) in [6.45, 7) is 0.876. The number of nitrogens with zero attached hydrogens (tertiary/aromatic N) is 1. The third-order valence-electron chi connectivity index (χ3n) is 6.85. The van der Waals surface area contributed by atoms with Crippen LogP contribution in [0.3, 0.4) is 0 Å². The number of ether oxygens (including phenoxy) is 1. The van der Waals surface area contributed by atoms with E-state index in [0.29, 0.717) is 44.0 Å². The number of hydrogen-bond acceptors (Lipinski definition) is 4. The first kappa shape index (κ1) is 19.7. The molecule has 3 fully saturated rings. The van der Waals surface area contributed by atoms with Gasteiger partial charge < -0.3 is 10.1 Å². The topological polar surface area (TPSA) is 75.7 Å². The molecule has 1 heterocycles. The second-order valence-electron chi connectivity index (χ2n) is 8.56. The molecule has 3 atom stereocenters.